The molecule has 1 N–H and O–H groups in total. The molecule has 0 radical (unpaired) electrons. The zero-order valence-corrected chi connectivity index (χ0v) is 11.7. The lowest BCUT2D eigenvalue weighted by Crippen LogP contribution is -2.23. The Kier molecular flexibility index (Phi) is 6.02. The van der Waals surface area contributed by atoms with E-state index in [-0.39, 0.29) is 29.0 Å². The molecule has 7 heteroatoms. The number of carbonyl (C=O) groups is 1. The van der Waals surface area contributed by atoms with Crippen molar-refractivity contribution in [2.75, 3.05) is 13.2 Å². The summed E-state index contributed by atoms with van der Waals surface area (Å²) < 4.78 is 9.95. The molecule has 0 aliphatic carbocycles. The normalized spacial score (nSPS) is 12.1. The predicted molar refractivity (Wildman–Crippen MR) is 69.6 cm³/mol. The Morgan fingerprint density at radius 3 is 2.50 bits per heavy atom. The van der Waals surface area contributed by atoms with Crippen LogP contribution in [-0.4, -0.2) is 30.4 Å². The van der Waals surface area contributed by atoms with E-state index in [4.69, 9.17) is 49.4 Å². The van der Waals surface area contributed by atoms with E-state index in [2.05, 4.69) is 0 Å². The van der Waals surface area contributed by atoms with E-state index >= 15 is 0 Å². The summed E-state index contributed by atoms with van der Waals surface area (Å²) in [6.45, 7) is 0.978. The number of hydrogen-bond acceptors (Lipinski definition) is 4. The standard InChI is InChI=1S/C11H11Cl3O4/c1-6(4-15)18-11(16)5-17-10-3-8(13)7(12)2-9(10)14/h2-3,6,15H,4-5H2,1H3. The van der Waals surface area contributed by atoms with Gasteiger partial charge in [0.2, 0.25) is 0 Å². The highest BCUT2D eigenvalue weighted by molar-refractivity contribution is 6.43. The van der Waals surface area contributed by atoms with Crippen LogP contribution >= 0.6 is 34.8 Å². The Morgan fingerprint density at radius 1 is 1.28 bits per heavy atom. The fraction of sp³-hybridized carbons (Fsp3) is 0.364. The Labute approximate surface area is 119 Å². The lowest BCUT2D eigenvalue weighted by Gasteiger charge is -2.12. The van der Waals surface area contributed by atoms with Gasteiger partial charge in [-0.3, -0.25) is 0 Å². The van der Waals surface area contributed by atoms with Gasteiger partial charge in [-0.1, -0.05) is 34.8 Å². The number of aliphatic hydroxyl groups excluding tert-OH is 1. The molecule has 1 unspecified atom stereocenters. The summed E-state index contributed by atoms with van der Waals surface area (Å²) in [4.78, 5) is 11.3. The van der Waals surface area contributed by atoms with E-state index in [9.17, 15) is 4.79 Å². The molecule has 0 bridgehead atoms. The Hall–Kier alpha value is -0.680. The monoisotopic (exact) mass is 312 g/mol. The van der Waals surface area contributed by atoms with Crippen LogP contribution in [0.1, 0.15) is 6.92 Å². The van der Waals surface area contributed by atoms with Gasteiger partial charge in [-0.15, -0.1) is 0 Å². The molecule has 0 fully saturated rings. The molecule has 1 rings (SSSR count). The molecule has 0 saturated carbocycles. The van der Waals surface area contributed by atoms with Crippen molar-refractivity contribution in [2.24, 2.45) is 0 Å². The zero-order chi connectivity index (χ0) is 13.7. The Balaban J connectivity index is 2.58. The highest BCUT2D eigenvalue weighted by Gasteiger charge is 2.12. The highest BCUT2D eigenvalue weighted by Crippen LogP contribution is 2.33. The fourth-order valence-electron chi connectivity index (χ4n) is 1.05. The van der Waals surface area contributed by atoms with Crippen molar-refractivity contribution in [3.63, 3.8) is 0 Å². The first-order chi connectivity index (χ1) is 8.43. The van der Waals surface area contributed by atoms with Gasteiger partial charge in [-0.2, -0.15) is 0 Å². The third-order valence-corrected chi connectivity index (χ3v) is 2.93. The summed E-state index contributed by atoms with van der Waals surface area (Å²) in [6.07, 6.45) is -0.578. The number of ether oxygens (including phenoxy) is 2. The van der Waals surface area contributed by atoms with Gasteiger partial charge in [0.1, 0.15) is 11.9 Å². The molecule has 1 aromatic rings. The second-order valence-corrected chi connectivity index (χ2v) is 4.69. The van der Waals surface area contributed by atoms with Crippen LogP contribution in [0.4, 0.5) is 0 Å². The van der Waals surface area contributed by atoms with Gasteiger partial charge in [-0.05, 0) is 13.0 Å². The number of hydrogen-bond donors (Lipinski definition) is 1. The maximum absolute atomic E-state index is 11.3. The quantitative estimate of drug-likeness (QED) is 0.671. The van der Waals surface area contributed by atoms with E-state index in [0.29, 0.717) is 5.02 Å². The lowest BCUT2D eigenvalue weighted by molar-refractivity contribution is -0.152. The van der Waals surface area contributed by atoms with Crippen molar-refractivity contribution in [1.82, 2.24) is 0 Å². The first-order valence-electron chi connectivity index (χ1n) is 5.01. The van der Waals surface area contributed by atoms with E-state index in [1.54, 1.807) is 6.92 Å². The third-order valence-electron chi connectivity index (χ3n) is 1.91. The molecule has 0 spiro atoms. The number of benzene rings is 1. The molecule has 1 aromatic carbocycles. The van der Waals surface area contributed by atoms with Crippen molar-refractivity contribution < 1.29 is 19.4 Å². The van der Waals surface area contributed by atoms with Crippen molar-refractivity contribution in [1.29, 1.82) is 0 Å². The minimum absolute atomic E-state index is 0.236. The summed E-state index contributed by atoms with van der Waals surface area (Å²) in [5.74, 6) is -0.377. The molecule has 4 nitrogen and oxygen atoms in total. The number of aliphatic hydroxyl groups is 1. The van der Waals surface area contributed by atoms with Gasteiger partial charge in [0.05, 0.1) is 21.7 Å². The van der Waals surface area contributed by atoms with E-state index in [1.807, 2.05) is 0 Å². The average molecular weight is 314 g/mol. The second-order valence-electron chi connectivity index (χ2n) is 3.47. The van der Waals surface area contributed by atoms with Crippen molar-refractivity contribution >= 4 is 40.8 Å². The minimum Gasteiger partial charge on any atom is -0.480 e. The van der Waals surface area contributed by atoms with Gasteiger partial charge in [0.25, 0.3) is 0 Å². The maximum atomic E-state index is 11.3. The molecule has 0 saturated heterocycles. The molecule has 100 valence electrons. The lowest BCUT2D eigenvalue weighted by atomic mass is 10.3. The molecule has 0 aliphatic rings. The highest BCUT2D eigenvalue weighted by atomic mass is 35.5. The maximum Gasteiger partial charge on any atom is 0.344 e. The number of esters is 1. The minimum atomic E-state index is -0.612. The van der Waals surface area contributed by atoms with Crippen molar-refractivity contribution in [3.05, 3.63) is 27.2 Å². The van der Waals surface area contributed by atoms with E-state index < -0.39 is 12.1 Å². The number of carbonyl (C=O) groups excluding carboxylic acids is 1. The van der Waals surface area contributed by atoms with Gasteiger partial charge < -0.3 is 14.6 Å². The van der Waals surface area contributed by atoms with Gasteiger partial charge in [0, 0.05) is 6.07 Å². The summed E-state index contributed by atoms with van der Waals surface area (Å²) in [5, 5.41) is 9.52. The molecular formula is C11H11Cl3O4. The number of rotatable bonds is 5. The molecular weight excluding hydrogens is 302 g/mol. The van der Waals surface area contributed by atoms with Crippen LogP contribution < -0.4 is 4.74 Å². The summed E-state index contributed by atoms with van der Waals surface area (Å²) in [5.41, 5.74) is 0. The van der Waals surface area contributed by atoms with E-state index in [0.717, 1.165) is 0 Å². The largest absolute Gasteiger partial charge is 0.480 e. The SMILES string of the molecule is CC(CO)OC(=O)COc1cc(Cl)c(Cl)cc1Cl. The molecule has 1 atom stereocenters. The van der Waals surface area contributed by atoms with Crippen LogP contribution in [0.5, 0.6) is 5.75 Å². The number of halogens is 3. The zero-order valence-electron chi connectivity index (χ0n) is 9.45. The summed E-state index contributed by atoms with van der Waals surface area (Å²) in [6, 6.07) is 2.83. The first-order valence-corrected chi connectivity index (χ1v) is 6.15. The molecule has 18 heavy (non-hydrogen) atoms. The third kappa shape index (κ3) is 4.53. The average Bonchev–Trinajstić information content (AvgIpc) is 2.32. The molecule has 0 aliphatic heterocycles. The van der Waals surface area contributed by atoms with Crippen molar-refractivity contribution in [3.8, 4) is 5.75 Å². The van der Waals surface area contributed by atoms with Crippen molar-refractivity contribution in [2.45, 2.75) is 13.0 Å². The van der Waals surface area contributed by atoms with Crippen LogP contribution in [-0.2, 0) is 9.53 Å². The molecule has 0 aromatic heterocycles. The van der Waals surface area contributed by atoms with Crippen LogP contribution in [0.3, 0.4) is 0 Å². The summed E-state index contributed by atoms with van der Waals surface area (Å²) in [7, 11) is 0. The van der Waals surface area contributed by atoms with Gasteiger partial charge in [0.15, 0.2) is 6.61 Å². The predicted octanol–water partition coefficient (Wildman–Crippen LogP) is 2.95. The second kappa shape index (κ2) is 7.04. The van der Waals surface area contributed by atoms with Gasteiger partial charge in [-0.25, -0.2) is 4.79 Å². The van der Waals surface area contributed by atoms with Gasteiger partial charge >= 0.3 is 5.97 Å². The van der Waals surface area contributed by atoms with Crippen LogP contribution in [0.15, 0.2) is 12.1 Å². The Bertz CT molecular complexity index is 437. The fourth-order valence-corrected chi connectivity index (χ4v) is 1.64. The first kappa shape index (κ1) is 15.4. The summed E-state index contributed by atoms with van der Waals surface area (Å²) >= 11 is 17.4. The van der Waals surface area contributed by atoms with Crippen LogP contribution in [0, 0.1) is 0 Å². The molecule has 0 heterocycles. The smallest absolute Gasteiger partial charge is 0.344 e. The van der Waals surface area contributed by atoms with Crippen LogP contribution in [0.2, 0.25) is 15.1 Å². The van der Waals surface area contributed by atoms with Crippen LogP contribution in [0.25, 0.3) is 0 Å². The topological polar surface area (TPSA) is 55.8 Å². The Morgan fingerprint density at radius 2 is 1.89 bits per heavy atom. The van der Waals surface area contributed by atoms with E-state index in [1.165, 1.54) is 12.1 Å². The molecule has 0 amide bonds.